The molecule has 30 heavy (non-hydrogen) atoms. The van der Waals surface area contributed by atoms with Crippen LogP contribution >= 0.6 is 0 Å². The number of aliphatic hydroxyl groups is 1. The average Bonchev–Trinajstić information content (AvgIpc) is 2.75. The van der Waals surface area contributed by atoms with E-state index in [0.29, 0.717) is 43.0 Å². The molecule has 1 fully saturated rings. The van der Waals surface area contributed by atoms with E-state index in [2.05, 4.69) is 35.9 Å². The fourth-order valence-electron chi connectivity index (χ4n) is 3.19. The van der Waals surface area contributed by atoms with Crippen LogP contribution in [0.2, 0.25) is 0 Å². The average molecular weight is 410 g/mol. The number of hydrogen-bond donors (Lipinski definition) is 4. The second-order valence-corrected chi connectivity index (χ2v) is 6.98. The maximum atomic E-state index is 13.2. The Hall–Kier alpha value is -3.37. The Morgan fingerprint density at radius 3 is 2.77 bits per heavy atom. The van der Waals surface area contributed by atoms with Crippen molar-refractivity contribution < 1.29 is 9.50 Å². The molecule has 4 rings (SSSR count). The SMILES string of the molecule is CC(Nc1nc(Nc2cnccn2)cc(N2CCNC(O)C2)n1)c1ccc(F)cc1. The van der Waals surface area contributed by atoms with Gasteiger partial charge < -0.3 is 20.6 Å². The highest BCUT2D eigenvalue weighted by atomic mass is 19.1. The van der Waals surface area contributed by atoms with Gasteiger partial charge in [0.15, 0.2) is 0 Å². The van der Waals surface area contributed by atoms with Gasteiger partial charge in [0, 0.05) is 31.5 Å². The monoisotopic (exact) mass is 410 g/mol. The first-order chi connectivity index (χ1) is 14.6. The predicted octanol–water partition coefficient (Wildman–Crippen LogP) is 2.05. The third-order valence-electron chi connectivity index (χ3n) is 4.73. The Labute approximate surface area is 173 Å². The van der Waals surface area contributed by atoms with Crippen molar-refractivity contribution in [3.63, 3.8) is 0 Å². The number of nitrogens with zero attached hydrogens (tertiary/aromatic N) is 5. The molecule has 0 bridgehead atoms. The van der Waals surface area contributed by atoms with E-state index in [0.717, 1.165) is 5.56 Å². The molecule has 0 aliphatic carbocycles. The third-order valence-corrected chi connectivity index (χ3v) is 4.73. The van der Waals surface area contributed by atoms with Crippen molar-refractivity contribution in [3.05, 3.63) is 60.3 Å². The van der Waals surface area contributed by atoms with Crippen molar-refractivity contribution in [1.29, 1.82) is 0 Å². The lowest BCUT2D eigenvalue weighted by atomic mass is 10.1. The van der Waals surface area contributed by atoms with E-state index in [-0.39, 0.29) is 11.9 Å². The second kappa shape index (κ2) is 8.97. The van der Waals surface area contributed by atoms with Crippen LogP contribution in [0, 0.1) is 5.82 Å². The molecule has 1 aliphatic heterocycles. The molecule has 2 unspecified atom stereocenters. The van der Waals surface area contributed by atoms with Gasteiger partial charge in [-0.2, -0.15) is 9.97 Å². The van der Waals surface area contributed by atoms with Crippen LogP contribution in [0.15, 0.2) is 48.9 Å². The molecular formula is C20H23FN8O. The molecule has 2 aromatic heterocycles. The molecule has 3 aromatic rings. The molecule has 0 radical (unpaired) electrons. The zero-order chi connectivity index (χ0) is 20.9. The number of nitrogens with one attached hydrogen (secondary N) is 3. The number of aliphatic hydroxyl groups excluding tert-OH is 1. The van der Waals surface area contributed by atoms with Gasteiger partial charge in [0.2, 0.25) is 5.95 Å². The fraction of sp³-hybridized carbons (Fsp3) is 0.300. The van der Waals surface area contributed by atoms with Crippen molar-refractivity contribution in [1.82, 2.24) is 25.3 Å². The molecule has 10 heteroatoms. The smallest absolute Gasteiger partial charge is 0.227 e. The number of piperazine rings is 1. The third kappa shape index (κ3) is 4.97. The quantitative estimate of drug-likeness (QED) is 0.485. The minimum Gasteiger partial charge on any atom is -0.377 e. The number of anilines is 4. The van der Waals surface area contributed by atoms with Crippen LogP contribution in [0.5, 0.6) is 0 Å². The summed E-state index contributed by atoms with van der Waals surface area (Å²) in [4.78, 5) is 19.4. The van der Waals surface area contributed by atoms with Crippen LogP contribution in [0.25, 0.3) is 0 Å². The van der Waals surface area contributed by atoms with Gasteiger partial charge in [-0.15, -0.1) is 0 Å². The van der Waals surface area contributed by atoms with Gasteiger partial charge in [0.25, 0.3) is 0 Å². The standard InChI is InChI=1S/C20H23FN8O/c1-13(14-2-4-15(21)5-3-14)25-20-27-16(26-17-11-22-6-7-23-17)10-18(28-20)29-9-8-24-19(30)12-29/h2-7,10-11,13,19,24,30H,8-9,12H2,1H3,(H2,23,25,26,27,28). The van der Waals surface area contributed by atoms with E-state index in [1.807, 2.05) is 11.8 Å². The van der Waals surface area contributed by atoms with Crippen LogP contribution < -0.4 is 20.9 Å². The first kappa shape index (κ1) is 19.9. The van der Waals surface area contributed by atoms with Gasteiger partial charge in [-0.05, 0) is 24.6 Å². The van der Waals surface area contributed by atoms with Crippen molar-refractivity contribution in [2.45, 2.75) is 19.2 Å². The van der Waals surface area contributed by atoms with Gasteiger partial charge in [-0.25, -0.2) is 9.37 Å². The van der Waals surface area contributed by atoms with Crippen LogP contribution in [0.3, 0.4) is 0 Å². The summed E-state index contributed by atoms with van der Waals surface area (Å²) in [7, 11) is 0. The van der Waals surface area contributed by atoms with Gasteiger partial charge in [-0.1, -0.05) is 12.1 Å². The highest BCUT2D eigenvalue weighted by Crippen LogP contribution is 2.24. The van der Waals surface area contributed by atoms with Crippen molar-refractivity contribution in [3.8, 4) is 0 Å². The molecule has 1 aliphatic rings. The predicted molar refractivity (Wildman–Crippen MR) is 112 cm³/mol. The summed E-state index contributed by atoms with van der Waals surface area (Å²) in [5, 5.41) is 19.4. The molecule has 9 nitrogen and oxygen atoms in total. The van der Waals surface area contributed by atoms with Gasteiger partial charge in [0.05, 0.1) is 18.8 Å². The molecule has 0 spiro atoms. The summed E-state index contributed by atoms with van der Waals surface area (Å²) in [6.07, 6.45) is 4.16. The summed E-state index contributed by atoms with van der Waals surface area (Å²) in [6, 6.07) is 7.96. The first-order valence-corrected chi connectivity index (χ1v) is 9.67. The van der Waals surface area contributed by atoms with Gasteiger partial charge in [0.1, 0.15) is 29.5 Å². The molecule has 3 heterocycles. The normalized spacial score (nSPS) is 17.4. The second-order valence-electron chi connectivity index (χ2n) is 6.98. The van der Waals surface area contributed by atoms with E-state index < -0.39 is 6.23 Å². The molecule has 1 aromatic carbocycles. The lowest BCUT2D eigenvalue weighted by molar-refractivity contribution is 0.131. The Balaban J connectivity index is 1.61. The van der Waals surface area contributed by atoms with E-state index in [4.69, 9.17) is 0 Å². The van der Waals surface area contributed by atoms with Crippen molar-refractivity contribution in [2.24, 2.45) is 0 Å². The van der Waals surface area contributed by atoms with Crippen molar-refractivity contribution in [2.75, 3.05) is 35.2 Å². The highest BCUT2D eigenvalue weighted by molar-refractivity contribution is 5.59. The molecular weight excluding hydrogens is 387 g/mol. The molecule has 2 atom stereocenters. The summed E-state index contributed by atoms with van der Waals surface area (Å²) in [5.74, 6) is 1.90. The molecule has 1 saturated heterocycles. The lowest BCUT2D eigenvalue weighted by Gasteiger charge is -2.32. The fourth-order valence-corrected chi connectivity index (χ4v) is 3.19. The maximum absolute atomic E-state index is 13.2. The topological polar surface area (TPSA) is 111 Å². The Bertz CT molecular complexity index is 972. The number of hydrogen-bond acceptors (Lipinski definition) is 9. The largest absolute Gasteiger partial charge is 0.377 e. The zero-order valence-electron chi connectivity index (χ0n) is 16.5. The minimum atomic E-state index is -0.625. The van der Waals surface area contributed by atoms with Crippen LogP contribution in [-0.4, -0.2) is 50.9 Å². The first-order valence-electron chi connectivity index (χ1n) is 9.67. The van der Waals surface area contributed by atoms with Crippen LogP contribution in [0.1, 0.15) is 18.5 Å². The Kier molecular flexibility index (Phi) is 5.96. The molecule has 0 amide bonds. The molecule has 0 saturated carbocycles. The molecule has 4 N–H and O–H groups in total. The summed E-state index contributed by atoms with van der Waals surface area (Å²) < 4.78 is 13.2. The highest BCUT2D eigenvalue weighted by Gasteiger charge is 2.20. The van der Waals surface area contributed by atoms with Crippen molar-refractivity contribution >= 4 is 23.4 Å². The van der Waals surface area contributed by atoms with E-state index in [1.54, 1.807) is 36.8 Å². The molecule has 156 valence electrons. The van der Waals surface area contributed by atoms with E-state index >= 15 is 0 Å². The minimum absolute atomic E-state index is 0.140. The number of rotatable bonds is 6. The van der Waals surface area contributed by atoms with Crippen LogP contribution in [-0.2, 0) is 0 Å². The Morgan fingerprint density at radius 1 is 1.20 bits per heavy atom. The zero-order valence-corrected chi connectivity index (χ0v) is 16.5. The summed E-state index contributed by atoms with van der Waals surface area (Å²) in [6.45, 7) is 3.71. The van der Waals surface area contributed by atoms with E-state index in [9.17, 15) is 9.50 Å². The van der Waals surface area contributed by atoms with Crippen LogP contribution in [0.4, 0.5) is 27.8 Å². The number of benzene rings is 1. The summed E-state index contributed by atoms with van der Waals surface area (Å²) in [5.41, 5.74) is 0.909. The van der Waals surface area contributed by atoms with E-state index in [1.165, 1.54) is 12.1 Å². The number of β-amino-alcohol motifs (C(OH)–C–C–N with tert-alkyl or cyclic N) is 1. The van der Waals surface area contributed by atoms with Gasteiger partial charge >= 0.3 is 0 Å². The lowest BCUT2D eigenvalue weighted by Crippen LogP contribution is -2.51. The number of halogens is 1. The summed E-state index contributed by atoms with van der Waals surface area (Å²) >= 11 is 0. The number of aromatic nitrogens is 4. The van der Waals surface area contributed by atoms with Gasteiger partial charge in [-0.3, -0.25) is 10.3 Å². The Morgan fingerprint density at radius 2 is 2.03 bits per heavy atom. The maximum Gasteiger partial charge on any atom is 0.227 e.